The summed E-state index contributed by atoms with van der Waals surface area (Å²) in [6.07, 6.45) is 1.48. The Morgan fingerprint density at radius 1 is 1.42 bits per heavy atom. The van der Waals surface area contributed by atoms with Crippen LogP contribution in [0.25, 0.3) is 10.9 Å². The summed E-state index contributed by atoms with van der Waals surface area (Å²) in [5, 5.41) is 10.3. The molecule has 2 nitrogen and oxygen atoms in total. The van der Waals surface area contributed by atoms with Crippen molar-refractivity contribution in [2.45, 2.75) is 0 Å². The van der Waals surface area contributed by atoms with Crippen molar-refractivity contribution in [3.63, 3.8) is 0 Å². The SMILES string of the molecule is [B]c1ccc2[nH]cc(O)c2c1Cl. The summed E-state index contributed by atoms with van der Waals surface area (Å²) in [5.41, 5.74) is 1.26. The van der Waals surface area contributed by atoms with Crippen molar-refractivity contribution in [2.24, 2.45) is 0 Å². The van der Waals surface area contributed by atoms with Crippen molar-refractivity contribution in [3.05, 3.63) is 23.4 Å². The fraction of sp³-hybridized carbons (Fsp3) is 0. The Labute approximate surface area is 75.6 Å². The Hall–Kier alpha value is -1.09. The lowest BCUT2D eigenvalue weighted by molar-refractivity contribution is 0.481. The van der Waals surface area contributed by atoms with E-state index in [4.69, 9.17) is 19.4 Å². The summed E-state index contributed by atoms with van der Waals surface area (Å²) in [6, 6.07) is 3.47. The number of H-pyrrole nitrogens is 1. The van der Waals surface area contributed by atoms with Gasteiger partial charge in [-0.15, -0.1) is 0 Å². The number of halogens is 1. The van der Waals surface area contributed by atoms with Crippen molar-refractivity contribution >= 4 is 35.8 Å². The molecule has 0 saturated carbocycles. The van der Waals surface area contributed by atoms with Gasteiger partial charge in [0.1, 0.15) is 13.6 Å². The van der Waals surface area contributed by atoms with E-state index in [0.717, 1.165) is 5.52 Å². The number of hydrogen-bond donors (Lipinski definition) is 2. The number of rotatable bonds is 0. The Kier molecular flexibility index (Phi) is 1.55. The molecule has 0 atom stereocenters. The maximum atomic E-state index is 9.35. The molecule has 0 saturated heterocycles. The van der Waals surface area contributed by atoms with Crippen LogP contribution in [0.15, 0.2) is 18.3 Å². The van der Waals surface area contributed by atoms with Crippen LogP contribution in [0.5, 0.6) is 5.75 Å². The van der Waals surface area contributed by atoms with Crippen LogP contribution < -0.4 is 5.46 Å². The van der Waals surface area contributed by atoms with E-state index in [1.807, 2.05) is 0 Å². The third-order valence-electron chi connectivity index (χ3n) is 1.79. The van der Waals surface area contributed by atoms with E-state index in [-0.39, 0.29) is 5.75 Å². The summed E-state index contributed by atoms with van der Waals surface area (Å²) in [7, 11) is 5.56. The monoisotopic (exact) mass is 177 g/mol. The third kappa shape index (κ3) is 0.900. The second-order valence-corrected chi connectivity index (χ2v) is 2.94. The van der Waals surface area contributed by atoms with Gasteiger partial charge in [0, 0.05) is 11.2 Å². The van der Waals surface area contributed by atoms with E-state index in [1.54, 1.807) is 12.1 Å². The molecule has 1 aromatic heterocycles. The minimum absolute atomic E-state index is 0.127. The minimum atomic E-state index is 0.127. The van der Waals surface area contributed by atoms with Crippen LogP contribution in [0.2, 0.25) is 5.02 Å². The molecule has 0 bridgehead atoms. The van der Waals surface area contributed by atoms with Crippen LogP contribution in [0.4, 0.5) is 0 Å². The molecule has 0 aliphatic carbocycles. The highest BCUT2D eigenvalue weighted by molar-refractivity contribution is 6.48. The topological polar surface area (TPSA) is 36.0 Å². The molecule has 12 heavy (non-hydrogen) atoms. The van der Waals surface area contributed by atoms with E-state index >= 15 is 0 Å². The summed E-state index contributed by atoms with van der Waals surface area (Å²) in [6.45, 7) is 0. The van der Waals surface area contributed by atoms with Crippen LogP contribution in [0, 0.1) is 0 Å². The molecule has 0 fully saturated rings. The van der Waals surface area contributed by atoms with Crippen molar-refractivity contribution < 1.29 is 5.11 Å². The highest BCUT2D eigenvalue weighted by Gasteiger charge is 2.07. The second kappa shape index (κ2) is 2.46. The zero-order chi connectivity index (χ0) is 8.72. The summed E-state index contributed by atoms with van der Waals surface area (Å²) in [4.78, 5) is 2.87. The molecule has 1 aromatic carbocycles. The summed E-state index contributed by atoms with van der Waals surface area (Å²) >= 11 is 5.87. The van der Waals surface area contributed by atoms with Crippen molar-refractivity contribution in [1.29, 1.82) is 0 Å². The predicted molar refractivity (Wildman–Crippen MR) is 50.4 cm³/mol. The lowest BCUT2D eigenvalue weighted by Gasteiger charge is -1.99. The third-order valence-corrected chi connectivity index (χ3v) is 2.20. The van der Waals surface area contributed by atoms with Gasteiger partial charge in [-0.2, -0.15) is 0 Å². The maximum absolute atomic E-state index is 9.35. The van der Waals surface area contributed by atoms with Crippen LogP contribution in [-0.2, 0) is 0 Å². The van der Waals surface area contributed by atoms with Gasteiger partial charge in [0.15, 0.2) is 0 Å². The maximum Gasteiger partial charge on any atom is 0.142 e. The van der Waals surface area contributed by atoms with E-state index in [9.17, 15) is 5.11 Å². The number of fused-ring (bicyclic) bond motifs is 1. The molecule has 0 spiro atoms. The molecule has 0 unspecified atom stereocenters. The molecule has 2 N–H and O–H groups in total. The van der Waals surface area contributed by atoms with Gasteiger partial charge in [-0.05, 0) is 6.07 Å². The number of benzene rings is 1. The lowest BCUT2D eigenvalue weighted by atomic mass is 9.95. The highest BCUT2D eigenvalue weighted by atomic mass is 35.5. The fourth-order valence-electron chi connectivity index (χ4n) is 1.18. The van der Waals surface area contributed by atoms with E-state index in [2.05, 4.69) is 4.98 Å². The van der Waals surface area contributed by atoms with Crippen LogP contribution in [0.1, 0.15) is 0 Å². The first-order chi connectivity index (χ1) is 5.70. The van der Waals surface area contributed by atoms with Gasteiger partial charge < -0.3 is 10.1 Å². The van der Waals surface area contributed by atoms with Gasteiger partial charge in [-0.3, -0.25) is 0 Å². The van der Waals surface area contributed by atoms with Gasteiger partial charge in [0.05, 0.1) is 10.9 Å². The Morgan fingerprint density at radius 3 is 2.92 bits per heavy atom. The molecule has 2 radical (unpaired) electrons. The molecule has 0 aliphatic rings. The van der Waals surface area contributed by atoms with Crippen molar-refractivity contribution in [3.8, 4) is 5.75 Å². The molecular formula is C8H5BClNO. The predicted octanol–water partition coefficient (Wildman–Crippen LogP) is 1.32. The van der Waals surface area contributed by atoms with Crippen molar-refractivity contribution in [1.82, 2.24) is 4.98 Å². The Balaban J connectivity index is 2.96. The number of aromatic amines is 1. The number of aromatic nitrogens is 1. The average molecular weight is 177 g/mol. The molecule has 58 valence electrons. The van der Waals surface area contributed by atoms with Gasteiger partial charge in [-0.25, -0.2) is 0 Å². The van der Waals surface area contributed by atoms with Crippen molar-refractivity contribution in [2.75, 3.05) is 0 Å². The van der Waals surface area contributed by atoms with E-state index in [0.29, 0.717) is 15.9 Å². The summed E-state index contributed by atoms with van der Waals surface area (Å²) in [5.74, 6) is 0.127. The van der Waals surface area contributed by atoms with E-state index < -0.39 is 0 Å². The zero-order valence-electron chi connectivity index (χ0n) is 6.13. The number of aromatic hydroxyl groups is 1. The molecule has 2 rings (SSSR count). The zero-order valence-corrected chi connectivity index (χ0v) is 6.89. The molecule has 4 heteroatoms. The first-order valence-electron chi connectivity index (χ1n) is 3.44. The van der Waals surface area contributed by atoms with Gasteiger partial charge >= 0.3 is 0 Å². The largest absolute Gasteiger partial charge is 0.506 e. The first-order valence-corrected chi connectivity index (χ1v) is 3.82. The van der Waals surface area contributed by atoms with E-state index in [1.165, 1.54) is 6.20 Å². The Morgan fingerprint density at radius 2 is 2.17 bits per heavy atom. The quantitative estimate of drug-likeness (QED) is 0.585. The van der Waals surface area contributed by atoms with Crippen LogP contribution in [-0.4, -0.2) is 17.9 Å². The highest BCUT2D eigenvalue weighted by Crippen LogP contribution is 2.29. The summed E-state index contributed by atoms with van der Waals surface area (Å²) < 4.78 is 0. The standard InChI is InChI=1S/C8H5BClNO/c9-4-1-2-5-7(8(4)10)6(12)3-11-5/h1-3,11-12H. The second-order valence-electron chi connectivity index (χ2n) is 2.57. The van der Waals surface area contributed by atoms with Gasteiger partial charge in [0.25, 0.3) is 0 Å². The normalized spacial score (nSPS) is 10.8. The lowest BCUT2D eigenvalue weighted by Crippen LogP contribution is -2.02. The first kappa shape index (κ1) is 7.56. The van der Waals surface area contributed by atoms with Crippen LogP contribution in [0.3, 0.4) is 0 Å². The number of hydrogen-bond acceptors (Lipinski definition) is 1. The smallest absolute Gasteiger partial charge is 0.142 e. The average Bonchev–Trinajstić information content (AvgIpc) is 2.41. The number of nitrogens with one attached hydrogen (secondary N) is 1. The minimum Gasteiger partial charge on any atom is -0.506 e. The molecule has 1 heterocycles. The van der Waals surface area contributed by atoms with Crippen LogP contribution >= 0.6 is 11.6 Å². The Bertz CT molecular complexity index is 438. The molecular weight excluding hydrogens is 172 g/mol. The molecule has 2 aromatic rings. The molecule has 0 amide bonds. The fourth-order valence-corrected chi connectivity index (χ4v) is 1.44. The molecule has 0 aliphatic heterocycles. The van der Waals surface area contributed by atoms with Gasteiger partial charge in [0.2, 0.25) is 0 Å². The van der Waals surface area contributed by atoms with Gasteiger partial charge in [-0.1, -0.05) is 23.1 Å².